The second kappa shape index (κ2) is 9.87. The fourth-order valence-electron chi connectivity index (χ4n) is 3.29. The summed E-state index contributed by atoms with van der Waals surface area (Å²) in [6.07, 6.45) is 6.40. The number of rotatable bonds is 4. The van der Waals surface area contributed by atoms with Crippen molar-refractivity contribution in [2.75, 3.05) is 39.3 Å². The summed E-state index contributed by atoms with van der Waals surface area (Å²) in [5.41, 5.74) is 6.12. The first-order valence-corrected chi connectivity index (χ1v) is 8.46. The van der Waals surface area contributed by atoms with Crippen LogP contribution in [0.25, 0.3) is 0 Å². The molecule has 0 radical (unpaired) electrons. The van der Waals surface area contributed by atoms with Crippen molar-refractivity contribution in [2.45, 2.75) is 46.0 Å². The SMILES string of the molecule is CCN1CCC(CCN=C(N)N2CCC(C)CC2)CC1.I. The van der Waals surface area contributed by atoms with Gasteiger partial charge < -0.3 is 15.5 Å². The molecular weight excluding hydrogens is 375 g/mol. The summed E-state index contributed by atoms with van der Waals surface area (Å²) in [5.74, 6) is 2.49. The van der Waals surface area contributed by atoms with Crippen molar-refractivity contribution < 1.29 is 0 Å². The largest absolute Gasteiger partial charge is 0.370 e. The standard InChI is InChI=1S/C16H32N4.HI/c1-3-19-10-7-15(8-11-19)4-9-18-16(17)20-12-5-14(2)6-13-20;/h14-15H,3-13H2,1-2H3,(H2,17,18);1H. The summed E-state index contributed by atoms with van der Waals surface area (Å²) in [5, 5.41) is 0. The molecule has 2 N–H and O–H groups in total. The normalized spacial score (nSPS) is 23.1. The summed E-state index contributed by atoms with van der Waals surface area (Å²) in [6.45, 7) is 11.4. The molecule has 0 saturated carbocycles. The fraction of sp³-hybridized carbons (Fsp3) is 0.938. The highest BCUT2D eigenvalue weighted by atomic mass is 127. The maximum atomic E-state index is 6.12. The number of piperidine rings is 2. The molecule has 5 heteroatoms. The van der Waals surface area contributed by atoms with Gasteiger partial charge in [-0.2, -0.15) is 0 Å². The maximum Gasteiger partial charge on any atom is 0.191 e. The van der Waals surface area contributed by atoms with Gasteiger partial charge in [-0.1, -0.05) is 13.8 Å². The molecule has 4 nitrogen and oxygen atoms in total. The number of likely N-dealkylation sites (tertiary alicyclic amines) is 2. The van der Waals surface area contributed by atoms with Crippen LogP contribution in [0.2, 0.25) is 0 Å². The van der Waals surface area contributed by atoms with Crippen LogP contribution in [-0.2, 0) is 0 Å². The molecule has 0 bridgehead atoms. The smallest absolute Gasteiger partial charge is 0.191 e. The van der Waals surface area contributed by atoms with Gasteiger partial charge in [0.2, 0.25) is 0 Å². The second-order valence-electron chi connectivity index (χ2n) is 6.58. The quantitative estimate of drug-likeness (QED) is 0.442. The summed E-state index contributed by atoms with van der Waals surface area (Å²) >= 11 is 0. The number of aliphatic imine (C=N–C) groups is 1. The van der Waals surface area contributed by atoms with E-state index in [0.29, 0.717) is 0 Å². The third kappa shape index (κ3) is 6.30. The van der Waals surface area contributed by atoms with Crippen molar-refractivity contribution >= 4 is 29.9 Å². The average molecular weight is 408 g/mol. The van der Waals surface area contributed by atoms with E-state index < -0.39 is 0 Å². The van der Waals surface area contributed by atoms with E-state index in [1.165, 1.54) is 51.7 Å². The summed E-state index contributed by atoms with van der Waals surface area (Å²) in [7, 11) is 0. The molecule has 2 aliphatic rings. The molecule has 0 aromatic rings. The Morgan fingerprint density at radius 2 is 1.71 bits per heavy atom. The molecule has 2 aliphatic heterocycles. The molecule has 0 spiro atoms. The Balaban J connectivity index is 0.00000220. The molecule has 0 amide bonds. The molecule has 2 saturated heterocycles. The average Bonchev–Trinajstić information content (AvgIpc) is 2.48. The maximum absolute atomic E-state index is 6.12. The van der Waals surface area contributed by atoms with Crippen LogP contribution in [0.3, 0.4) is 0 Å². The van der Waals surface area contributed by atoms with E-state index >= 15 is 0 Å². The zero-order valence-electron chi connectivity index (χ0n) is 13.8. The number of hydrogen-bond acceptors (Lipinski definition) is 2. The van der Waals surface area contributed by atoms with E-state index in [1.54, 1.807) is 0 Å². The van der Waals surface area contributed by atoms with E-state index in [9.17, 15) is 0 Å². The van der Waals surface area contributed by atoms with Gasteiger partial charge in [0.15, 0.2) is 5.96 Å². The number of guanidine groups is 1. The van der Waals surface area contributed by atoms with Crippen molar-refractivity contribution in [3.8, 4) is 0 Å². The van der Waals surface area contributed by atoms with Crippen LogP contribution in [-0.4, -0.2) is 55.0 Å². The Morgan fingerprint density at radius 1 is 1.10 bits per heavy atom. The van der Waals surface area contributed by atoms with E-state index in [0.717, 1.165) is 37.4 Å². The lowest BCUT2D eigenvalue weighted by Crippen LogP contribution is -2.42. The van der Waals surface area contributed by atoms with Gasteiger partial charge in [-0.05, 0) is 63.6 Å². The molecule has 0 atom stereocenters. The molecule has 0 aliphatic carbocycles. The lowest BCUT2D eigenvalue weighted by molar-refractivity contribution is 0.188. The first-order valence-electron chi connectivity index (χ1n) is 8.46. The summed E-state index contributed by atoms with van der Waals surface area (Å²) in [4.78, 5) is 9.42. The zero-order valence-corrected chi connectivity index (χ0v) is 16.1. The van der Waals surface area contributed by atoms with E-state index in [-0.39, 0.29) is 24.0 Å². The van der Waals surface area contributed by atoms with Crippen LogP contribution in [0.4, 0.5) is 0 Å². The highest BCUT2D eigenvalue weighted by Crippen LogP contribution is 2.20. The van der Waals surface area contributed by atoms with Gasteiger partial charge >= 0.3 is 0 Å². The third-order valence-electron chi connectivity index (χ3n) is 5.07. The molecule has 21 heavy (non-hydrogen) atoms. The van der Waals surface area contributed by atoms with Crippen LogP contribution in [0.1, 0.15) is 46.0 Å². The molecule has 2 rings (SSSR count). The Hall–Kier alpha value is -0.0400. The minimum Gasteiger partial charge on any atom is -0.370 e. The fourth-order valence-corrected chi connectivity index (χ4v) is 3.29. The number of halogens is 1. The summed E-state index contributed by atoms with van der Waals surface area (Å²) in [6, 6.07) is 0. The molecule has 2 fully saturated rings. The van der Waals surface area contributed by atoms with Gasteiger partial charge in [-0.3, -0.25) is 4.99 Å². The van der Waals surface area contributed by atoms with Gasteiger partial charge in [-0.25, -0.2) is 0 Å². The Morgan fingerprint density at radius 3 is 2.29 bits per heavy atom. The Bertz CT molecular complexity index is 305. The lowest BCUT2D eigenvalue weighted by Gasteiger charge is -2.32. The van der Waals surface area contributed by atoms with E-state index in [2.05, 4.69) is 28.6 Å². The Kier molecular flexibility index (Phi) is 8.94. The van der Waals surface area contributed by atoms with Crippen molar-refractivity contribution in [1.29, 1.82) is 0 Å². The molecule has 0 aromatic heterocycles. The molecule has 0 aromatic carbocycles. The number of hydrogen-bond donors (Lipinski definition) is 1. The predicted molar refractivity (Wildman–Crippen MR) is 101 cm³/mol. The predicted octanol–water partition coefficient (Wildman–Crippen LogP) is 2.77. The van der Waals surface area contributed by atoms with Gasteiger partial charge in [0.1, 0.15) is 0 Å². The minimum atomic E-state index is 0. The highest BCUT2D eigenvalue weighted by Gasteiger charge is 2.19. The van der Waals surface area contributed by atoms with Crippen LogP contribution < -0.4 is 5.73 Å². The van der Waals surface area contributed by atoms with Crippen molar-refractivity contribution in [2.24, 2.45) is 22.6 Å². The molecule has 124 valence electrons. The van der Waals surface area contributed by atoms with Crippen molar-refractivity contribution in [1.82, 2.24) is 9.80 Å². The minimum absolute atomic E-state index is 0. The van der Waals surface area contributed by atoms with E-state index in [4.69, 9.17) is 5.73 Å². The van der Waals surface area contributed by atoms with Crippen LogP contribution >= 0.6 is 24.0 Å². The Labute approximate surface area is 147 Å². The number of nitrogens with zero attached hydrogens (tertiary/aromatic N) is 3. The molecule has 2 heterocycles. The second-order valence-corrected chi connectivity index (χ2v) is 6.58. The van der Waals surface area contributed by atoms with Crippen molar-refractivity contribution in [3.05, 3.63) is 0 Å². The van der Waals surface area contributed by atoms with Gasteiger partial charge in [-0.15, -0.1) is 24.0 Å². The first kappa shape index (κ1) is 19.0. The highest BCUT2D eigenvalue weighted by molar-refractivity contribution is 14.0. The van der Waals surface area contributed by atoms with Crippen LogP contribution in [0, 0.1) is 11.8 Å². The monoisotopic (exact) mass is 408 g/mol. The molecule has 0 unspecified atom stereocenters. The number of nitrogens with two attached hydrogens (primary N) is 1. The van der Waals surface area contributed by atoms with E-state index in [1.807, 2.05) is 0 Å². The summed E-state index contributed by atoms with van der Waals surface area (Å²) < 4.78 is 0. The van der Waals surface area contributed by atoms with Crippen LogP contribution in [0.15, 0.2) is 4.99 Å². The third-order valence-corrected chi connectivity index (χ3v) is 5.07. The van der Waals surface area contributed by atoms with Gasteiger partial charge in [0.05, 0.1) is 0 Å². The zero-order chi connectivity index (χ0) is 14.4. The van der Waals surface area contributed by atoms with Crippen LogP contribution in [0.5, 0.6) is 0 Å². The van der Waals surface area contributed by atoms with Gasteiger partial charge in [0, 0.05) is 19.6 Å². The van der Waals surface area contributed by atoms with Crippen molar-refractivity contribution in [3.63, 3.8) is 0 Å². The topological polar surface area (TPSA) is 44.9 Å². The first-order chi connectivity index (χ1) is 9.69. The molecular formula is C16H33IN4. The lowest BCUT2D eigenvalue weighted by atomic mass is 9.94. The van der Waals surface area contributed by atoms with Gasteiger partial charge in [0.25, 0.3) is 0 Å².